The number of likely N-dealkylation sites (tertiary alicyclic amines) is 1. The van der Waals surface area contributed by atoms with Crippen molar-refractivity contribution in [1.82, 2.24) is 9.88 Å². The van der Waals surface area contributed by atoms with Gasteiger partial charge in [-0.05, 0) is 31.6 Å². The van der Waals surface area contributed by atoms with Gasteiger partial charge >= 0.3 is 0 Å². The minimum absolute atomic E-state index is 0.614. The summed E-state index contributed by atoms with van der Waals surface area (Å²) in [6.45, 7) is 10.0. The van der Waals surface area contributed by atoms with E-state index in [1.807, 2.05) is 6.20 Å². The average Bonchev–Trinajstić information content (AvgIpc) is 2.83. The highest BCUT2D eigenvalue weighted by Crippen LogP contribution is 2.57. The van der Waals surface area contributed by atoms with Crippen molar-refractivity contribution >= 4 is 0 Å². The van der Waals surface area contributed by atoms with Gasteiger partial charge in [-0.2, -0.15) is 0 Å². The number of nitrogens with zero attached hydrogens (tertiary/aromatic N) is 2. The van der Waals surface area contributed by atoms with E-state index in [0.29, 0.717) is 5.41 Å². The molecule has 0 radical (unpaired) electrons. The Morgan fingerprint density at radius 2 is 2.28 bits per heavy atom. The summed E-state index contributed by atoms with van der Waals surface area (Å²) in [7, 11) is 1.74. The first-order valence-corrected chi connectivity index (χ1v) is 6.75. The van der Waals surface area contributed by atoms with Crippen molar-refractivity contribution in [3.63, 3.8) is 0 Å². The molecule has 0 amide bonds. The molecule has 98 valence electrons. The molecule has 1 aromatic rings. The maximum absolute atomic E-state index is 5.47. The Morgan fingerprint density at radius 1 is 1.50 bits per heavy atom. The van der Waals surface area contributed by atoms with E-state index >= 15 is 0 Å². The van der Waals surface area contributed by atoms with Crippen LogP contribution in [0.25, 0.3) is 0 Å². The number of methoxy groups -OCH3 is 1. The molecule has 2 fully saturated rings. The summed E-state index contributed by atoms with van der Waals surface area (Å²) in [5, 5.41) is 0. The number of fused-ring (bicyclic) bond motifs is 1. The van der Waals surface area contributed by atoms with Crippen molar-refractivity contribution in [3.05, 3.63) is 23.0 Å². The van der Waals surface area contributed by atoms with Crippen LogP contribution in [-0.2, 0) is 6.54 Å². The van der Waals surface area contributed by atoms with Crippen molar-refractivity contribution in [1.29, 1.82) is 0 Å². The van der Waals surface area contributed by atoms with Crippen molar-refractivity contribution in [2.45, 2.75) is 33.7 Å². The number of ether oxygens (including phenoxy) is 1. The summed E-state index contributed by atoms with van der Waals surface area (Å²) in [6.07, 6.45) is 3.35. The summed E-state index contributed by atoms with van der Waals surface area (Å²) in [5.74, 6) is 1.93. The fourth-order valence-corrected chi connectivity index (χ4v) is 3.43. The van der Waals surface area contributed by atoms with Gasteiger partial charge in [0, 0.05) is 37.0 Å². The van der Waals surface area contributed by atoms with Crippen LogP contribution in [0.4, 0.5) is 0 Å². The van der Waals surface area contributed by atoms with Crippen LogP contribution >= 0.6 is 0 Å². The van der Waals surface area contributed by atoms with Crippen LogP contribution in [0.1, 0.15) is 30.2 Å². The van der Waals surface area contributed by atoms with Crippen LogP contribution in [0.5, 0.6) is 5.75 Å². The lowest BCUT2D eigenvalue weighted by molar-refractivity contribution is 0.274. The predicted octanol–water partition coefficient (Wildman–Crippen LogP) is 2.55. The number of rotatable bonds is 3. The highest BCUT2D eigenvalue weighted by Gasteiger charge is 2.55. The molecule has 2 atom stereocenters. The second kappa shape index (κ2) is 3.95. The zero-order chi connectivity index (χ0) is 12.9. The predicted molar refractivity (Wildman–Crippen MR) is 71.8 cm³/mol. The molecule has 18 heavy (non-hydrogen) atoms. The molecule has 0 N–H and O–H groups in total. The molecule has 1 aromatic heterocycles. The van der Waals surface area contributed by atoms with Gasteiger partial charge in [0.25, 0.3) is 0 Å². The van der Waals surface area contributed by atoms with Crippen molar-refractivity contribution in [3.8, 4) is 5.75 Å². The number of hydrogen-bond acceptors (Lipinski definition) is 3. The Labute approximate surface area is 109 Å². The van der Waals surface area contributed by atoms with Gasteiger partial charge < -0.3 is 4.74 Å². The number of pyridine rings is 1. The van der Waals surface area contributed by atoms with Crippen molar-refractivity contribution < 1.29 is 4.74 Å². The van der Waals surface area contributed by atoms with Gasteiger partial charge in [0.15, 0.2) is 0 Å². The summed E-state index contributed by atoms with van der Waals surface area (Å²) >= 11 is 0. The quantitative estimate of drug-likeness (QED) is 0.819. The largest absolute Gasteiger partial charge is 0.496 e. The molecule has 0 bridgehead atoms. The average molecular weight is 246 g/mol. The molecule has 1 aliphatic heterocycles. The van der Waals surface area contributed by atoms with E-state index < -0.39 is 0 Å². The van der Waals surface area contributed by atoms with E-state index in [1.165, 1.54) is 30.8 Å². The van der Waals surface area contributed by atoms with Gasteiger partial charge in [-0.3, -0.25) is 9.88 Å². The van der Waals surface area contributed by atoms with Crippen LogP contribution in [0.3, 0.4) is 0 Å². The van der Waals surface area contributed by atoms with Crippen molar-refractivity contribution in [2.75, 3.05) is 20.2 Å². The number of aryl methyl sites for hydroxylation is 1. The molecule has 2 heterocycles. The summed E-state index contributed by atoms with van der Waals surface area (Å²) in [5.41, 5.74) is 4.10. The molecule has 1 saturated heterocycles. The molecular formula is C15H22N2O. The van der Waals surface area contributed by atoms with E-state index in [0.717, 1.165) is 23.8 Å². The molecule has 0 spiro atoms. The van der Waals surface area contributed by atoms with Gasteiger partial charge in [0.2, 0.25) is 0 Å². The van der Waals surface area contributed by atoms with Crippen LogP contribution in [-0.4, -0.2) is 30.1 Å². The monoisotopic (exact) mass is 246 g/mol. The molecule has 1 aliphatic carbocycles. The van der Waals surface area contributed by atoms with E-state index in [2.05, 4.69) is 30.7 Å². The first-order valence-electron chi connectivity index (χ1n) is 6.75. The van der Waals surface area contributed by atoms with Gasteiger partial charge in [-0.15, -0.1) is 0 Å². The lowest BCUT2D eigenvalue weighted by atomic mass is 10.1. The lowest BCUT2D eigenvalue weighted by Gasteiger charge is -2.20. The van der Waals surface area contributed by atoms with Crippen LogP contribution in [0.15, 0.2) is 6.20 Å². The summed E-state index contributed by atoms with van der Waals surface area (Å²) in [4.78, 5) is 7.13. The summed E-state index contributed by atoms with van der Waals surface area (Å²) in [6, 6.07) is 0. The molecule has 0 aromatic carbocycles. The summed E-state index contributed by atoms with van der Waals surface area (Å²) < 4.78 is 5.47. The van der Waals surface area contributed by atoms with Gasteiger partial charge in [0.1, 0.15) is 5.75 Å². The van der Waals surface area contributed by atoms with Crippen molar-refractivity contribution in [2.24, 2.45) is 11.3 Å². The minimum Gasteiger partial charge on any atom is -0.496 e. The maximum Gasteiger partial charge on any atom is 0.128 e. The SMILES string of the molecule is COc1c(C)cnc(CN2CC3CC3(C)C2)c1C. The number of hydrogen-bond donors (Lipinski definition) is 0. The molecular weight excluding hydrogens is 224 g/mol. The molecule has 2 unspecified atom stereocenters. The van der Waals surface area contributed by atoms with E-state index in [4.69, 9.17) is 4.74 Å². The maximum atomic E-state index is 5.47. The first-order chi connectivity index (χ1) is 8.53. The Hall–Kier alpha value is -1.09. The van der Waals surface area contributed by atoms with E-state index in [1.54, 1.807) is 7.11 Å². The zero-order valence-corrected chi connectivity index (χ0v) is 11.8. The number of aromatic nitrogens is 1. The molecule has 1 saturated carbocycles. The fourth-order valence-electron chi connectivity index (χ4n) is 3.43. The molecule has 3 heteroatoms. The standard InChI is InChI=1S/C15H22N2O/c1-10-6-16-13(11(2)14(10)18-4)8-17-7-12-5-15(12,3)9-17/h6,12H,5,7-9H2,1-4H3. The second-order valence-corrected chi connectivity index (χ2v) is 6.27. The Balaban J connectivity index is 1.77. The van der Waals surface area contributed by atoms with Crippen LogP contribution in [0, 0.1) is 25.2 Å². The zero-order valence-electron chi connectivity index (χ0n) is 11.8. The van der Waals surface area contributed by atoms with Gasteiger partial charge in [-0.25, -0.2) is 0 Å². The topological polar surface area (TPSA) is 25.4 Å². The fraction of sp³-hybridized carbons (Fsp3) is 0.667. The lowest BCUT2D eigenvalue weighted by Crippen LogP contribution is -2.25. The molecule has 3 rings (SSSR count). The highest BCUT2D eigenvalue weighted by molar-refractivity contribution is 5.41. The van der Waals surface area contributed by atoms with E-state index in [9.17, 15) is 0 Å². The smallest absolute Gasteiger partial charge is 0.128 e. The first kappa shape index (κ1) is 12.0. The van der Waals surface area contributed by atoms with Crippen LogP contribution in [0.2, 0.25) is 0 Å². The molecule has 2 aliphatic rings. The number of piperidine rings is 1. The van der Waals surface area contributed by atoms with Gasteiger partial charge in [-0.1, -0.05) is 6.92 Å². The third-order valence-corrected chi connectivity index (χ3v) is 4.72. The Kier molecular flexibility index (Phi) is 2.63. The Bertz CT molecular complexity index is 486. The third-order valence-electron chi connectivity index (χ3n) is 4.72. The highest BCUT2D eigenvalue weighted by atomic mass is 16.5. The third kappa shape index (κ3) is 1.81. The Morgan fingerprint density at radius 3 is 2.89 bits per heavy atom. The van der Waals surface area contributed by atoms with E-state index in [-0.39, 0.29) is 0 Å². The van der Waals surface area contributed by atoms with Gasteiger partial charge in [0.05, 0.1) is 12.8 Å². The minimum atomic E-state index is 0.614. The second-order valence-electron chi connectivity index (χ2n) is 6.27. The van der Waals surface area contributed by atoms with Crippen LogP contribution < -0.4 is 4.74 Å². The molecule has 3 nitrogen and oxygen atoms in total. The normalized spacial score (nSPS) is 30.3.